The minimum atomic E-state index is -0.125. The van der Waals surface area contributed by atoms with Gasteiger partial charge in [0, 0.05) is 12.6 Å². The van der Waals surface area contributed by atoms with Crippen molar-refractivity contribution in [3.63, 3.8) is 0 Å². The first-order valence-corrected chi connectivity index (χ1v) is 12.2. The number of carbonyl (C=O) groups excluding carboxylic acids is 2. The Morgan fingerprint density at radius 1 is 0.889 bits per heavy atom. The topological polar surface area (TPSA) is 72.2 Å². The van der Waals surface area contributed by atoms with Gasteiger partial charge >= 0.3 is 0 Å². The average Bonchev–Trinajstić information content (AvgIpc) is 3.29. The fourth-order valence-electron chi connectivity index (χ4n) is 4.03. The Hall–Kier alpha value is -3.74. The number of methoxy groups -OCH3 is 2. The molecule has 0 atom stereocenters. The molecule has 7 nitrogen and oxygen atoms in total. The summed E-state index contributed by atoms with van der Waals surface area (Å²) < 4.78 is 16.5. The summed E-state index contributed by atoms with van der Waals surface area (Å²) >= 11 is 0. The van der Waals surface area contributed by atoms with Crippen molar-refractivity contribution in [2.45, 2.75) is 46.2 Å². The number of amides is 2. The predicted molar refractivity (Wildman–Crippen MR) is 139 cm³/mol. The molecule has 0 spiro atoms. The molecule has 36 heavy (non-hydrogen) atoms. The van der Waals surface area contributed by atoms with Crippen molar-refractivity contribution in [2.75, 3.05) is 27.3 Å². The zero-order valence-electron chi connectivity index (χ0n) is 21.8. The molecule has 0 bridgehead atoms. The Morgan fingerprint density at radius 3 is 2.22 bits per heavy atom. The van der Waals surface area contributed by atoms with Crippen molar-refractivity contribution < 1.29 is 23.5 Å². The van der Waals surface area contributed by atoms with Crippen LogP contribution in [0.1, 0.15) is 36.5 Å². The number of ether oxygens (including phenoxy) is 2. The summed E-state index contributed by atoms with van der Waals surface area (Å²) in [6.45, 7) is 6.54. The Bertz CT molecular complexity index is 1140. The number of furan rings is 1. The lowest BCUT2D eigenvalue weighted by Gasteiger charge is -2.30. The first-order valence-electron chi connectivity index (χ1n) is 12.2. The summed E-state index contributed by atoms with van der Waals surface area (Å²) in [5, 5.41) is 0. The molecule has 0 aliphatic carbocycles. The Kier molecular flexibility index (Phi) is 9.56. The quantitative estimate of drug-likeness (QED) is 0.368. The zero-order chi connectivity index (χ0) is 26.1. The molecular formula is C29H36N2O5. The second kappa shape index (κ2) is 12.8. The van der Waals surface area contributed by atoms with E-state index in [-0.39, 0.29) is 30.8 Å². The van der Waals surface area contributed by atoms with Crippen molar-refractivity contribution in [1.29, 1.82) is 0 Å². The highest BCUT2D eigenvalue weighted by Gasteiger charge is 2.24. The van der Waals surface area contributed by atoms with E-state index < -0.39 is 0 Å². The van der Waals surface area contributed by atoms with Gasteiger partial charge in [0.1, 0.15) is 11.5 Å². The molecule has 0 saturated heterocycles. The van der Waals surface area contributed by atoms with Gasteiger partial charge in [0.25, 0.3) is 0 Å². The molecule has 0 aliphatic heterocycles. The number of carbonyl (C=O) groups is 2. The van der Waals surface area contributed by atoms with E-state index >= 15 is 0 Å². The highest BCUT2D eigenvalue weighted by atomic mass is 16.5. The van der Waals surface area contributed by atoms with E-state index in [4.69, 9.17) is 13.9 Å². The van der Waals surface area contributed by atoms with Crippen LogP contribution in [0.2, 0.25) is 0 Å². The molecule has 0 aliphatic rings. The van der Waals surface area contributed by atoms with Crippen LogP contribution in [0.25, 0.3) is 0 Å². The van der Waals surface area contributed by atoms with Gasteiger partial charge in [0.2, 0.25) is 11.8 Å². The molecule has 0 N–H and O–H groups in total. The number of rotatable bonds is 12. The highest BCUT2D eigenvalue weighted by molar-refractivity contribution is 5.86. The lowest BCUT2D eigenvalue weighted by atomic mass is 10.1. The van der Waals surface area contributed by atoms with Crippen molar-refractivity contribution in [3.05, 3.63) is 83.3 Å². The fraction of sp³-hybridized carbons (Fsp3) is 0.379. The number of nitrogens with zero attached hydrogens (tertiary/aromatic N) is 2. The highest BCUT2D eigenvalue weighted by Crippen LogP contribution is 2.28. The van der Waals surface area contributed by atoms with Crippen LogP contribution in [0.3, 0.4) is 0 Å². The van der Waals surface area contributed by atoms with Crippen LogP contribution in [0.4, 0.5) is 0 Å². The molecule has 3 rings (SSSR count). The fourth-order valence-corrected chi connectivity index (χ4v) is 4.03. The molecule has 1 aromatic heterocycles. The molecule has 0 radical (unpaired) electrons. The van der Waals surface area contributed by atoms with Crippen LogP contribution in [0.15, 0.2) is 65.1 Å². The minimum absolute atomic E-state index is 0.00889. The summed E-state index contributed by atoms with van der Waals surface area (Å²) in [6.07, 6.45) is 0.876. The minimum Gasteiger partial charge on any atom is -0.493 e. The Morgan fingerprint density at radius 2 is 1.61 bits per heavy atom. The van der Waals surface area contributed by atoms with Gasteiger partial charge in [0.15, 0.2) is 11.5 Å². The summed E-state index contributed by atoms with van der Waals surface area (Å²) in [5.74, 6) is 2.61. The van der Waals surface area contributed by atoms with Crippen LogP contribution < -0.4 is 9.47 Å². The smallest absolute Gasteiger partial charge is 0.242 e. The molecule has 1 heterocycles. The predicted octanol–water partition coefficient (Wildman–Crippen LogP) is 4.66. The lowest BCUT2D eigenvalue weighted by molar-refractivity contribution is -0.142. The average molecular weight is 493 g/mol. The number of aryl methyl sites for hydroxylation is 1. The van der Waals surface area contributed by atoms with Gasteiger partial charge < -0.3 is 23.7 Å². The van der Waals surface area contributed by atoms with Gasteiger partial charge in [-0.15, -0.1) is 0 Å². The first kappa shape index (κ1) is 26.9. The number of benzene rings is 2. The van der Waals surface area contributed by atoms with Crippen LogP contribution in [-0.2, 0) is 29.0 Å². The van der Waals surface area contributed by atoms with E-state index in [2.05, 4.69) is 0 Å². The molecule has 0 fully saturated rings. The third kappa shape index (κ3) is 7.38. The SMILES string of the molecule is COc1ccc(CCN(Cc2ccc(C)o2)C(=O)CN(C(=O)Cc2ccccc2)C(C)C)cc1OC. The van der Waals surface area contributed by atoms with Gasteiger partial charge in [-0.1, -0.05) is 36.4 Å². The van der Waals surface area contributed by atoms with E-state index in [0.717, 1.165) is 16.9 Å². The van der Waals surface area contributed by atoms with Crippen LogP contribution in [-0.4, -0.2) is 55.0 Å². The van der Waals surface area contributed by atoms with Crippen LogP contribution >= 0.6 is 0 Å². The van der Waals surface area contributed by atoms with Gasteiger partial charge in [-0.3, -0.25) is 9.59 Å². The molecule has 192 valence electrons. The molecular weight excluding hydrogens is 456 g/mol. The molecule has 2 amide bonds. The third-order valence-electron chi connectivity index (χ3n) is 6.06. The van der Waals surface area contributed by atoms with Gasteiger partial charge in [-0.05, 0) is 62.6 Å². The van der Waals surface area contributed by atoms with Gasteiger partial charge in [0.05, 0.1) is 33.7 Å². The first-order chi connectivity index (χ1) is 17.3. The van der Waals surface area contributed by atoms with Crippen molar-refractivity contribution in [3.8, 4) is 11.5 Å². The van der Waals surface area contributed by atoms with Crippen molar-refractivity contribution >= 4 is 11.8 Å². The van der Waals surface area contributed by atoms with E-state index in [0.29, 0.717) is 36.8 Å². The second-order valence-electron chi connectivity index (χ2n) is 9.04. The third-order valence-corrected chi connectivity index (χ3v) is 6.06. The normalized spacial score (nSPS) is 10.8. The van der Waals surface area contributed by atoms with E-state index in [1.165, 1.54) is 0 Å². The van der Waals surface area contributed by atoms with Gasteiger partial charge in [-0.2, -0.15) is 0 Å². The molecule has 3 aromatic rings. The Balaban J connectivity index is 1.75. The molecule has 0 saturated carbocycles. The summed E-state index contributed by atoms with van der Waals surface area (Å²) in [7, 11) is 3.20. The summed E-state index contributed by atoms with van der Waals surface area (Å²) in [6, 6.07) is 19.0. The van der Waals surface area contributed by atoms with Crippen LogP contribution in [0.5, 0.6) is 11.5 Å². The van der Waals surface area contributed by atoms with E-state index in [1.807, 2.05) is 81.4 Å². The summed E-state index contributed by atoms with van der Waals surface area (Å²) in [5.41, 5.74) is 1.94. The maximum atomic E-state index is 13.5. The van der Waals surface area contributed by atoms with E-state index in [1.54, 1.807) is 24.0 Å². The standard InChI is InChI=1S/C29H36N2O5/c1-21(2)31(28(32)18-23-9-7-6-8-10-23)20-29(33)30(19-25-13-11-22(3)36-25)16-15-24-12-14-26(34-4)27(17-24)35-5/h6-14,17,21H,15-16,18-20H2,1-5H3. The number of hydrogen-bond donors (Lipinski definition) is 0. The van der Waals surface area contributed by atoms with E-state index in [9.17, 15) is 9.59 Å². The summed E-state index contributed by atoms with van der Waals surface area (Å²) in [4.78, 5) is 30.0. The molecule has 0 unspecified atom stereocenters. The lowest BCUT2D eigenvalue weighted by Crippen LogP contribution is -2.46. The maximum Gasteiger partial charge on any atom is 0.242 e. The number of hydrogen-bond acceptors (Lipinski definition) is 5. The van der Waals surface area contributed by atoms with Crippen LogP contribution in [0, 0.1) is 6.92 Å². The molecule has 2 aromatic carbocycles. The van der Waals surface area contributed by atoms with Crippen molar-refractivity contribution in [1.82, 2.24) is 9.80 Å². The maximum absolute atomic E-state index is 13.5. The monoisotopic (exact) mass is 492 g/mol. The Labute approximate surface area is 213 Å². The molecule has 7 heteroatoms. The second-order valence-corrected chi connectivity index (χ2v) is 9.04. The van der Waals surface area contributed by atoms with Gasteiger partial charge in [-0.25, -0.2) is 0 Å². The largest absolute Gasteiger partial charge is 0.493 e. The van der Waals surface area contributed by atoms with Crippen molar-refractivity contribution in [2.24, 2.45) is 0 Å². The zero-order valence-corrected chi connectivity index (χ0v) is 21.8.